The molecule has 1 amide bonds. The number of carbonyl (C=O) groups excluding carboxylic acids is 1. The van der Waals surface area contributed by atoms with Crippen LogP contribution in [0.25, 0.3) is 32.9 Å². The summed E-state index contributed by atoms with van der Waals surface area (Å²) in [6.45, 7) is 1.72. The number of aromatic nitrogens is 3. The van der Waals surface area contributed by atoms with Gasteiger partial charge in [-0.1, -0.05) is 54.9 Å². The van der Waals surface area contributed by atoms with Gasteiger partial charge in [0.05, 0.1) is 29.0 Å². The first kappa shape index (κ1) is 27.8. The zero-order valence-corrected chi connectivity index (χ0v) is 23.3. The van der Waals surface area contributed by atoms with Crippen LogP contribution in [0.4, 0.5) is 0 Å². The van der Waals surface area contributed by atoms with Crippen LogP contribution in [-0.4, -0.2) is 43.0 Å². The molecule has 0 aliphatic carbocycles. The molecule has 5 aromatic rings. The van der Waals surface area contributed by atoms with Crippen LogP contribution in [0.1, 0.15) is 43.4 Å². The number of aromatic amines is 1. The minimum absolute atomic E-state index is 0.0692. The number of carbonyl (C=O) groups is 2. The Kier molecular flexibility index (Phi) is 7.98. The molecule has 3 aromatic carbocycles. The van der Waals surface area contributed by atoms with Gasteiger partial charge in [-0.3, -0.25) is 19.1 Å². The molecule has 9 nitrogen and oxygen atoms in total. The van der Waals surface area contributed by atoms with Gasteiger partial charge in [-0.05, 0) is 47.9 Å². The second-order valence-corrected chi connectivity index (χ2v) is 10.1. The lowest BCUT2D eigenvalue weighted by atomic mass is 9.91. The van der Waals surface area contributed by atoms with Crippen molar-refractivity contribution in [3.05, 3.63) is 99.4 Å². The maximum atomic E-state index is 13.6. The van der Waals surface area contributed by atoms with Gasteiger partial charge in [-0.2, -0.15) is 10.2 Å². The van der Waals surface area contributed by atoms with Crippen molar-refractivity contribution >= 4 is 51.5 Å². The molecule has 0 spiro atoms. The van der Waals surface area contributed by atoms with E-state index in [-0.39, 0.29) is 24.0 Å². The molecule has 1 atom stereocenters. The summed E-state index contributed by atoms with van der Waals surface area (Å²) < 4.78 is 1.82. The standard InChI is InChI=1S/C30H26ClN5O2.CH2O2/c1-3-7-27(37)36-26(19-10-13-25-20(14-19)17-32-35(25)2)16-24(34-36)29-28(18-8-5-4-6-9-18)22-15-21(31)11-12-23(22)33-30(29)38;2-1-3/h4-6,8-15,17,26H,3,7,16H2,1-2H3,(H,33,38);1H,(H,2,3). The van der Waals surface area contributed by atoms with E-state index < -0.39 is 0 Å². The van der Waals surface area contributed by atoms with E-state index in [9.17, 15) is 9.59 Å². The fourth-order valence-corrected chi connectivity index (χ4v) is 5.49. The summed E-state index contributed by atoms with van der Waals surface area (Å²) in [7, 11) is 1.90. The van der Waals surface area contributed by atoms with Crippen molar-refractivity contribution in [2.45, 2.75) is 32.2 Å². The van der Waals surface area contributed by atoms with E-state index in [1.165, 1.54) is 0 Å². The molecule has 0 fully saturated rings. The quantitative estimate of drug-likeness (QED) is 0.255. The molecule has 2 N–H and O–H groups in total. The van der Waals surface area contributed by atoms with Crippen LogP contribution in [0.2, 0.25) is 5.02 Å². The largest absolute Gasteiger partial charge is 0.483 e. The summed E-state index contributed by atoms with van der Waals surface area (Å²) in [6.07, 6.45) is 3.31. The molecule has 1 aliphatic rings. The number of aryl methyl sites for hydroxylation is 1. The van der Waals surface area contributed by atoms with Crippen LogP contribution in [0.15, 0.2) is 82.8 Å². The third-order valence-corrected chi connectivity index (χ3v) is 7.35. The SMILES string of the molecule is CCCC(=O)N1N=C(c2c(-c3ccccc3)c3cc(Cl)ccc3[nH]c2=O)CC1c1ccc2c(cnn2C)c1.O=CO. The summed E-state index contributed by atoms with van der Waals surface area (Å²) in [5.74, 6) is -0.0692. The molecule has 1 unspecified atom stereocenters. The number of benzene rings is 3. The first-order valence-electron chi connectivity index (χ1n) is 13.2. The van der Waals surface area contributed by atoms with Crippen molar-refractivity contribution in [2.75, 3.05) is 0 Å². The van der Waals surface area contributed by atoms with Crippen LogP contribution < -0.4 is 5.56 Å². The van der Waals surface area contributed by atoms with Crippen LogP contribution in [0.3, 0.4) is 0 Å². The molecule has 1 aliphatic heterocycles. The van der Waals surface area contributed by atoms with Gasteiger partial charge in [0.2, 0.25) is 5.91 Å². The molecular weight excluding hydrogens is 542 g/mol. The maximum Gasteiger partial charge on any atom is 0.290 e. The van der Waals surface area contributed by atoms with Crippen LogP contribution in [0.5, 0.6) is 0 Å². The van der Waals surface area contributed by atoms with Gasteiger partial charge < -0.3 is 10.1 Å². The minimum Gasteiger partial charge on any atom is -0.483 e. The Morgan fingerprint density at radius 1 is 1.12 bits per heavy atom. The Morgan fingerprint density at radius 2 is 1.88 bits per heavy atom. The fraction of sp³-hybridized carbons (Fsp3) is 0.194. The Bertz CT molecular complexity index is 1840. The van der Waals surface area contributed by atoms with Crippen molar-refractivity contribution in [1.29, 1.82) is 0 Å². The Balaban J connectivity index is 0.00000108. The second kappa shape index (κ2) is 11.8. The molecule has 6 rings (SSSR count). The number of halogens is 1. The predicted octanol–water partition coefficient (Wildman–Crippen LogP) is 5.91. The monoisotopic (exact) mass is 569 g/mol. The number of amides is 1. The molecule has 0 bridgehead atoms. The number of nitrogens with one attached hydrogen (secondary N) is 1. The number of nitrogens with zero attached hydrogens (tertiary/aromatic N) is 4. The number of hydrazone groups is 1. The van der Waals surface area contributed by atoms with Gasteiger partial charge in [-0.15, -0.1) is 0 Å². The van der Waals surface area contributed by atoms with Crippen molar-refractivity contribution in [1.82, 2.24) is 19.8 Å². The van der Waals surface area contributed by atoms with E-state index in [1.54, 1.807) is 11.1 Å². The van der Waals surface area contributed by atoms with Crippen LogP contribution in [0, 0.1) is 0 Å². The maximum absolute atomic E-state index is 13.6. The molecule has 10 heteroatoms. The number of fused-ring (bicyclic) bond motifs is 2. The summed E-state index contributed by atoms with van der Waals surface area (Å²) in [6, 6.07) is 21.0. The van der Waals surface area contributed by atoms with Gasteiger partial charge >= 0.3 is 0 Å². The summed E-state index contributed by atoms with van der Waals surface area (Å²) in [5.41, 5.74) is 5.09. The molecule has 0 saturated heterocycles. The molecule has 0 radical (unpaired) electrons. The number of rotatable bonds is 5. The summed E-state index contributed by atoms with van der Waals surface area (Å²) >= 11 is 6.40. The third-order valence-electron chi connectivity index (χ3n) is 7.11. The average molecular weight is 570 g/mol. The van der Waals surface area contributed by atoms with Crippen LogP contribution >= 0.6 is 11.6 Å². The number of hydrogen-bond donors (Lipinski definition) is 2. The predicted molar refractivity (Wildman–Crippen MR) is 160 cm³/mol. The lowest BCUT2D eigenvalue weighted by Gasteiger charge is -2.22. The first-order valence-corrected chi connectivity index (χ1v) is 13.5. The van der Waals surface area contributed by atoms with Crippen LogP contribution in [-0.2, 0) is 16.6 Å². The van der Waals surface area contributed by atoms with E-state index in [4.69, 9.17) is 26.6 Å². The topological polar surface area (TPSA) is 121 Å². The summed E-state index contributed by atoms with van der Waals surface area (Å²) in [4.78, 5) is 38.3. The first-order chi connectivity index (χ1) is 19.9. The Labute approximate surface area is 240 Å². The molecule has 3 heterocycles. The van der Waals surface area contributed by atoms with Gasteiger partial charge in [-0.25, -0.2) is 5.01 Å². The summed E-state index contributed by atoms with van der Waals surface area (Å²) in [5, 5.41) is 20.0. The molecule has 0 saturated carbocycles. The van der Waals surface area contributed by atoms with E-state index in [2.05, 4.69) is 16.1 Å². The van der Waals surface area contributed by atoms with Crippen molar-refractivity contribution in [3.63, 3.8) is 0 Å². The number of pyridine rings is 1. The normalized spacial score (nSPS) is 14.6. The molecular formula is C31H28ClN5O4. The Morgan fingerprint density at radius 3 is 2.61 bits per heavy atom. The van der Waals surface area contributed by atoms with E-state index in [0.717, 1.165) is 33.0 Å². The highest BCUT2D eigenvalue weighted by Gasteiger charge is 2.35. The molecule has 41 heavy (non-hydrogen) atoms. The zero-order valence-electron chi connectivity index (χ0n) is 22.5. The Hall–Kier alpha value is -4.76. The molecule has 2 aromatic heterocycles. The highest BCUT2D eigenvalue weighted by Crippen LogP contribution is 2.38. The van der Waals surface area contributed by atoms with Gasteiger partial charge in [0.25, 0.3) is 12.0 Å². The van der Waals surface area contributed by atoms with Crippen molar-refractivity contribution in [3.8, 4) is 11.1 Å². The van der Waals surface area contributed by atoms with Gasteiger partial charge in [0.15, 0.2) is 0 Å². The lowest BCUT2D eigenvalue weighted by molar-refractivity contribution is -0.133. The van der Waals surface area contributed by atoms with E-state index in [1.807, 2.05) is 79.4 Å². The number of carboxylic acid groups (broad SMARTS) is 1. The number of hydrogen-bond acceptors (Lipinski definition) is 5. The van der Waals surface area contributed by atoms with E-state index in [0.29, 0.717) is 41.1 Å². The zero-order chi connectivity index (χ0) is 29.1. The minimum atomic E-state index is -0.327. The average Bonchev–Trinajstić information content (AvgIpc) is 3.57. The van der Waals surface area contributed by atoms with Gasteiger partial charge in [0, 0.05) is 46.8 Å². The third kappa shape index (κ3) is 5.36. The number of H-pyrrole nitrogens is 1. The fourth-order valence-electron chi connectivity index (χ4n) is 5.31. The lowest BCUT2D eigenvalue weighted by Crippen LogP contribution is -2.26. The second-order valence-electron chi connectivity index (χ2n) is 9.71. The highest BCUT2D eigenvalue weighted by molar-refractivity contribution is 6.31. The van der Waals surface area contributed by atoms with E-state index >= 15 is 0 Å². The highest BCUT2D eigenvalue weighted by atomic mass is 35.5. The molecule has 208 valence electrons. The smallest absolute Gasteiger partial charge is 0.290 e. The van der Waals surface area contributed by atoms with Gasteiger partial charge in [0.1, 0.15) is 0 Å². The van der Waals surface area contributed by atoms with Crippen molar-refractivity contribution in [2.24, 2.45) is 12.1 Å². The van der Waals surface area contributed by atoms with Crippen molar-refractivity contribution < 1.29 is 14.7 Å².